The molecule has 0 fully saturated rings. The Morgan fingerprint density at radius 3 is 2.85 bits per heavy atom. The molecule has 0 aliphatic carbocycles. The number of benzene rings is 1. The molecule has 1 aromatic heterocycles. The zero-order chi connectivity index (χ0) is 14.7. The van der Waals surface area contributed by atoms with Crippen molar-refractivity contribution in [2.45, 2.75) is 13.3 Å². The fraction of sp³-hybridized carbons (Fsp3) is 0.333. The van der Waals surface area contributed by atoms with E-state index in [0.717, 1.165) is 28.0 Å². The van der Waals surface area contributed by atoms with Crippen molar-refractivity contribution in [3.05, 3.63) is 30.0 Å². The highest BCUT2D eigenvalue weighted by Crippen LogP contribution is 2.31. The highest BCUT2D eigenvalue weighted by Gasteiger charge is 2.12. The number of ether oxygens (including phenoxy) is 1. The number of para-hydroxylation sites is 1. The Hall–Kier alpha value is -2.30. The molecule has 0 bridgehead atoms. The Balaban J connectivity index is 2.49. The minimum absolute atomic E-state index is 0.101. The number of nitrogens with zero attached hydrogens (tertiary/aromatic N) is 2. The Morgan fingerprint density at radius 2 is 2.20 bits per heavy atom. The number of rotatable bonds is 5. The van der Waals surface area contributed by atoms with Gasteiger partial charge in [-0.3, -0.25) is 4.79 Å². The average Bonchev–Trinajstić information content (AvgIpc) is 2.43. The van der Waals surface area contributed by atoms with Gasteiger partial charge in [0.1, 0.15) is 11.3 Å². The van der Waals surface area contributed by atoms with Gasteiger partial charge >= 0.3 is 5.97 Å². The third kappa shape index (κ3) is 2.82. The van der Waals surface area contributed by atoms with E-state index in [1.807, 2.05) is 43.1 Å². The molecule has 0 atom stereocenters. The van der Waals surface area contributed by atoms with E-state index in [0.29, 0.717) is 6.54 Å². The van der Waals surface area contributed by atoms with Gasteiger partial charge in [-0.15, -0.1) is 0 Å². The summed E-state index contributed by atoms with van der Waals surface area (Å²) in [6, 6.07) is 7.71. The maximum atomic E-state index is 10.7. The molecule has 0 aliphatic heterocycles. The van der Waals surface area contributed by atoms with Crippen molar-refractivity contribution in [3.63, 3.8) is 0 Å². The second-order valence-electron chi connectivity index (χ2n) is 4.70. The maximum absolute atomic E-state index is 10.7. The largest absolute Gasteiger partial charge is 0.494 e. The molecule has 5 nitrogen and oxygen atoms in total. The van der Waals surface area contributed by atoms with Crippen LogP contribution in [-0.2, 0) is 4.79 Å². The first-order chi connectivity index (χ1) is 9.52. The van der Waals surface area contributed by atoms with E-state index < -0.39 is 5.97 Å². The lowest BCUT2D eigenvalue weighted by atomic mass is 10.1. The minimum Gasteiger partial charge on any atom is -0.494 e. The van der Waals surface area contributed by atoms with Gasteiger partial charge < -0.3 is 14.7 Å². The number of pyridine rings is 1. The smallest absolute Gasteiger partial charge is 0.305 e. The molecule has 0 spiro atoms. The summed E-state index contributed by atoms with van der Waals surface area (Å²) < 4.78 is 5.34. The van der Waals surface area contributed by atoms with E-state index in [1.54, 1.807) is 7.11 Å². The number of carboxylic acid groups (broad SMARTS) is 1. The third-order valence-corrected chi connectivity index (χ3v) is 3.20. The number of aromatic nitrogens is 1. The summed E-state index contributed by atoms with van der Waals surface area (Å²) in [4.78, 5) is 17.2. The zero-order valence-electron chi connectivity index (χ0n) is 11.9. The van der Waals surface area contributed by atoms with Crippen LogP contribution in [0.2, 0.25) is 0 Å². The molecular formula is C15H18N2O3. The van der Waals surface area contributed by atoms with E-state index in [2.05, 4.69) is 4.98 Å². The van der Waals surface area contributed by atoms with Gasteiger partial charge in [0.2, 0.25) is 0 Å². The van der Waals surface area contributed by atoms with Crippen LogP contribution in [0.5, 0.6) is 5.75 Å². The first kappa shape index (κ1) is 14.1. The van der Waals surface area contributed by atoms with Crippen molar-refractivity contribution in [3.8, 4) is 5.75 Å². The van der Waals surface area contributed by atoms with Gasteiger partial charge in [-0.05, 0) is 19.1 Å². The van der Waals surface area contributed by atoms with Crippen LogP contribution < -0.4 is 9.64 Å². The van der Waals surface area contributed by atoms with Gasteiger partial charge in [-0.25, -0.2) is 4.98 Å². The van der Waals surface area contributed by atoms with E-state index >= 15 is 0 Å². The monoisotopic (exact) mass is 274 g/mol. The number of carbonyl (C=O) groups is 1. The van der Waals surface area contributed by atoms with Gasteiger partial charge in [0.05, 0.1) is 13.5 Å². The van der Waals surface area contributed by atoms with E-state index in [1.165, 1.54) is 0 Å². The topological polar surface area (TPSA) is 62.7 Å². The number of anilines is 1. The van der Waals surface area contributed by atoms with E-state index in [4.69, 9.17) is 9.84 Å². The lowest BCUT2D eigenvalue weighted by molar-refractivity contribution is -0.136. The van der Waals surface area contributed by atoms with Crippen LogP contribution in [0.3, 0.4) is 0 Å². The predicted octanol–water partition coefficient (Wildman–Crippen LogP) is 2.46. The average molecular weight is 274 g/mol. The molecular weight excluding hydrogens is 256 g/mol. The first-order valence-electron chi connectivity index (χ1n) is 6.40. The fourth-order valence-electron chi connectivity index (χ4n) is 2.19. The minimum atomic E-state index is -0.801. The molecule has 5 heteroatoms. The Morgan fingerprint density at radius 1 is 1.45 bits per heavy atom. The van der Waals surface area contributed by atoms with Crippen molar-refractivity contribution >= 4 is 22.6 Å². The molecule has 1 heterocycles. The second kappa shape index (κ2) is 5.77. The number of methoxy groups -OCH3 is 1. The second-order valence-corrected chi connectivity index (χ2v) is 4.70. The Kier molecular flexibility index (Phi) is 4.08. The number of fused-ring (bicyclic) bond motifs is 1. The number of aliphatic carboxylic acids is 1. The van der Waals surface area contributed by atoms with Crippen LogP contribution >= 0.6 is 0 Å². The quantitative estimate of drug-likeness (QED) is 0.907. The molecule has 0 saturated carbocycles. The van der Waals surface area contributed by atoms with Crippen molar-refractivity contribution in [2.24, 2.45) is 0 Å². The molecule has 0 unspecified atom stereocenters. The highest BCUT2D eigenvalue weighted by atomic mass is 16.5. The molecule has 0 saturated heterocycles. The normalized spacial score (nSPS) is 10.6. The third-order valence-electron chi connectivity index (χ3n) is 3.20. The van der Waals surface area contributed by atoms with Crippen LogP contribution in [0.25, 0.3) is 10.9 Å². The summed E-state index contributed by atoms with van der Waals surface area (Å²) in [6.07, 6.45) is 0.101. The van der Waals surface area contributed by atoms with E-state index in [9.17, 15) is 4.79 Å². The van der Waals surface area contributed by atoms with Gasteiger partial charge in [0.25, 0.3) is 0 Å². The lowest BCUT2D eigenvalue weighted by Crippen LogP contribution is -2.21. The van der Waals surface area contributed by atoms with Crippen molar-refractivity contribution in [2.75, 3.05) is 25.6 Å². The zero-order valence-corrected chi connectivity index (χ0v) is 11.9. The number of hydrogen-bond acceptors (Lipinski definition) is 4. The van der Waals surface area contributed by atoms with Crippen molar-refractivity contribution < 1.29 is 14.6 Å². The molecule has 0 radical (unpaired) electrons. The summed E-state index contributed by atoms with van der Waals surface area (Å²) in [5.74, 6) is -0.0800. The van der Waals surface area contributed by atoms with Crippen LogP contribution in [0, 0.1) is 6.92 Å². The Labute approximate surface area is 117 Å². The van der Waals surface area contributed by atoms with E-state index in [-0.39, 0.29) is 6.42 Å². The highest BCUT2D eigenvalue weighted by molar-refractivity contribution is 5.95. The summed E-state index contributed by atoms with van der Waals surface area (Å²) in [5.41, 5.74) is 2.64. The molecule has 0 aliphatic rings. The van der Waals surface area contributed by atoms with Gasteiger partial charge in [-0.2, -0.15) is 0 Å². The SMILES string of the molecule is COc1cccc2c(N(C)CCC(=O)O)cc(C)nc12. The number of aryl methyl sites for hydroxylation is 1. The molecule has 106 valence electrons. The number of carboxylic acids is 1. The Bertz CT molecular complexity index is 640. The molecule has 0 amide bonds. The lowest BCUT2D eigenvalue weighted by Gasteiger charge is -2.21. The summed E-state index contributed by atoms with van der Waals surface area (Å²) in [6.45, 7) is 2.37. The van der Waals surface area contributed by atoms with Crippen LogP contribution in [0.15, 0.2) is 24.3 Å². The van der Waals surface area contributed by atoms with Crippen molar-refractivity contribution in [1.82, 2.24) is 4.98 Å². The molecule has 1 aromatic carbocycles. The molecule has 20 heavy (non-hydrogen) atoms. The van der Waals surface area contributed by atoms with Gasteiger partial charge in [0, 0.05) is 30.4 Å². The van der Waals surface area contributed by atoms with Crippen molar-refractivity contribution in [1.29, 1.82) is 0 Å². The molecule has 2 rings (SSSR count). The summed E-state index contributed by atoms with van der Waals surface area (Å²) in [7, 11) is 3.50. The van der Waals surface area contributed by atoms with Crippen LogP contribution in [0.1, 0.15) is 12.1 Å². The number of hydrogen-bond donors (Lipinski definition) is 1. The molecule has 1 N–H and O–H groups in total. The van der Waals surface area contributed by atoms with Crippen LogP contribution in [-0.4, -0.2) is 36.8 Å². The standard InChI is InChI=1S/C15H18N2O3/c1-10-9-12(17(2)8-7-14(18)19)11-5-4-6-13(20-3)15(11)16-10/h4-6,9H,7-8H2,1-3H3,(H,18,19). The van der Waals surface area contributed by atoms with Gasteiger partial charge in [-0.1, -0.05) is 12.1 Å². The van der Waals surface area contributed by atoms with Crippen LogP contribution in [0.4, 0.5) is 5.69 Å². The predicted molar refractivity (Wildman–Crippen MR) is 78.6 cm³/mol. The van der Waals surface area contributed by atoms with Gasteiger partial charge in [0.15, 0.2) is 0 Å². The molecule has 2 aromatic rings. The first-order valence-corrected chi connectivity index (χ1v) is 6.40. The maximum Gasteiger partial charge on any atom is 0.305 e. The fourth-order valence-corrected chi connectivity index (χ4v) is 2.19. The summed E-state index contributed by atoms with van der Waals surface area (Å²) >= 11 is 0. The summed E-state index contributed by atoms with van der Waals surface area (Å²) in [5, 5.41) is 9.76.